The average Bonchev–Trinajstić information content (AvgIpc) is 2.82. The van der Waals surface area contributed by atoms with Crippen LogP contribution in [0.25, 0.3) is 5.52 Å². The molecule has 0 unspecified atom stereocenters. The molecule has 0 radical (unpaired) electrons. The number of hydrogen-bond donors (Lipinski definition) is 0. The van der Waals surface area contributed by atoms with E-state index in [-0.39, 0.29) is 5.56 Å². The lowest BCUT2D eigenvalue weighted by Crippen LogP contribution is -2.22. The number of imidazole rings is 1. The summed E-state index contributed by atoms with van der Waals surface area (Å²) < 4.78 is 3.56. The van der Waals surface area contributed by atoms with Crippen LogP contribution >= 0.6 is 0 Å². The van der Waals surface area contributed by atoms with Gasteiger partial charge in [0.05, 0.1) is 6.20 Å². The number of nitrogens with zero attached hydrogens (tertiary/aromatic N) is 3. The molecule has 0 saturated heterocycles. The first-order valence-corrected chi connectivity index (χ1v) is 6.33. The van der Waals surface area contributed by atoms with Crippen LogP contribution in [0.2, 0.25) is 0 Å². The van der Waals surface area contributed by atoms with Crippen LogP contribution in [0.5, 0.6) is 0 Å². The highest BCUT2D eigenvalue weighted by molar-refractivity contribution is 5.43. The van der Waals surface area contributed by atoms with Crippen molar-refractivity contribution in [3.63, 3.8) is 0 Å². The maximum Gasteiger partial charge on any atom is 0.276 e. The molecule has 0 spiro atoms. The molecule has 1 aromatic carbocycles. The highest BCUT2D eigenvalue weighted by Gasteiger charge is 2.05. The Labute approximate surface area is 111 Å². The average molecular weight is 253 g/mol. The predicted molar refractivity (Wildman–Crippen MR) is 74.3 cm³/mol. The second-order valence-electron chi connectivity index (χ2n) is 4.59. The molecule has 0 fully saturated rings. The number of benzene rings is 1. The fourth-order valence-corrected chi connectivity index (χ4v) is 2.23. The van der Waals surface area contributed by atoms with Crippen molar-refractivity contribution in [1.82, 2.24) is 14.0 Å². The number of hydrogen-bond acceptors (Lipinski definition) is 2. The van der Waals surface area contributed by atoms with Crippen molar-refractivity contribution in [3.8, 4) is 0 Å². The molecule has 3 aromatic rings. The van der Waals surface area contributed by atoms with Gasteiger partial charge in [0, 0.05) is 18.9 Å². The van der Waals surface area contributed by atoms with Crippen LogP contribution < -0.4 is 5.56 Å². The van der Waals surface area contributed by atoms with Crippen LogP contribution in [0.3, 0.4) is 0 Å². The normalized spacial score (nSPS) is 11.0. The third kappa shape index (κ3) is 2.17. The Kier molecular flexibility index (Phi) is 2.91. The van der Waals surface area contributed by atoms with Crippen molar-refractivity contribution in [2.75, 3.05) is 0 Å². The van der Waals surface area contributed by atoms with Crippen molar-refractivity contribution >= 4 is 5.52 Å². The van der Waals surface area contributed by atoms with Gasteiger partial charge in [-0.2, -0.15) is 0 Å². The van der Waals surface area contributed by atoms with Crippen LogP contribution in [-0.4, -0.2) is 14.0 Å². The molecule has 0 bridgehead atoms. The summed E-state index contributed by atoms with van der Waals surface area (Å²) in [6.07, 6.45) is 6.21. The summed E-state index contributed by atoms with van der Waals surface area (Å²) in [5.41, 5.74) is 1.88. The number of aromatic nitrogens is 3. The summed E-state index contributed by atoms with van der Waals surface area (Å²) in [7, 11) is 0. The summed E-state index contributed by atoms with van der Waals surface area (Å²) in [5.74, 6) is 0.835. The predicted octanol–water partition coefficient (Wildman–Crippen LogP) is 2.05. The molecule has 0 saturated carbocycles. The zero-order valence-electron chi connectivity index (χ0n) is 10.8. The standard InChI is InChI=1S/C15H15N3O/c1-12-16-11-14-15(19)17(9-10-18(12)14)8-7-13-5-3-2-4-6-13/h2-6,9-11H,7-8H2,1H3. The lowest BCUT2D eigenvalue weighted by molar-refractivity contribution is 0.666. The number of fused-ring (bicyclic) bond motifs is 1. The van der Waals surface area contributed by atoms with Crippen molar-refractivity contribution in [2.24, 2.45) is 0 Å². The summed E-state index contributed by atoms with van der Waals surface area (Å²) in [5, 5.41) is 0. The third-order valence-corrected chi connectivity index (χ3v) is 3.34. The highest BCUT2D eigenvalue weighted by Crippen LogP contribution is 2.03. The van der Waals surface area contributed by atoms with E-state index in [2.05, 4.69) is 17.1 Å². The molecule has 96 valence electrons. The first-order valence-electron chi connectivity index (χ1n) is 6.33. The first-order chi connectivity index (χ1) is 9.25. The monoisotopic (exact) mass is 253 g/mol. The van der Waals surface area contributed by atoms with Gasteiger partial charge >= 0.3 is 0 Å². The molecule has 0 amide bonds. The van der Waals surface area contributed by atoms with Gasteiger partial charge in [-0.1, -0.05) is 30.3 Å². The van der Waals surface area contributed by atoms with Crippen LogP contribution in [0.4, 0.5) is 0 Å². The molecule has 4 heteroatoms. The first kappa shape index (κ1) is 11.7. The van der Waals surface area contributed by atoms with E-state index in [9.17, 15) is 4.79 Å². The fraction of sp³-hybridized carbons (Fsp3) is 0.200. The van der Waals surface area contributed by atoms with Crippen molar-refractivity contribution < 1.29 is 0 Å². The molecule has 4 nitrogen and oxygen atoms in total. The minimum atomic E-state index is 0.0130. The molecule has 19 heavy (non-hydrogen) atoms. The van der Waals surface area contributed by atoms with Gasteiger partial charge in [0.25, 0.3) is 5.56 Å². The Hall–Kier alpha value is -2.36. The van der Waals surface area contributed by atoms with E-state index in [1.54, 1.807) is 10.8 Å². The lowest BCUT2D eigenvalue weighted by atomic mass is 10.1. The highest BCUT2D eigenvalue weighted by atomic mass is 16.1. The molecule has 0 atom stereocenters. The van der Waals surface area contributed by atoms with Gasteiger partial charge < -0.3 is 4.57 Å². The zero-order chi connectivity index (χ0) is 13.2. The summed E-state index contributed by atoms with van der Waals surface area (Å²) in [6, 6.07) is 10.2. The molecule has 2 aromatic heterocycles. The Morgan fingerprint density at radius 1 is 1.16 bits per heavy atom. The Bertz CT molecular complexity index is 756. The Morgan fingerprint density at radius 2 is 1.95 bits per heavy atom. The minimum absolute atomic E-state index is 0.0130. The van der Waals surface area contributed by atoms with Crippen LogP contribution in [0, 0.1) is 6.92 Å². The summed E-state index contributed by atoms with van der Waals surface area (Å²) in [4.78, 5) is 16.4. The van der Waals surface area contributed by atoms with E-state index in [0.29, 0.717) is 12.1 Å². The van der Waals surface area contributed by atoms with E-state index in [4.69, 9.17) is 0 Å². The Balaban J connectivity index is 1.90. The Morgan fingerprint density at radius 3 is 2.74 bits per heavy atom. The molecule has 0 aliphatic carbocycles. The van der Waals surface area contributed by atoms with Crippen molar-refractivity contribution in [1.29, 1.82) is 0 Å². The molecule has 3 rings (SSSR count). The molecule has 2 heterocycles. The largest absolute Gasteiger partial charge is 0.312 e. The van der Waals surface area contributed by atoms with Crippen molar-refractivity contribution in [3.05, 3.63) is 70.7 Å². The van der Waals surface area contributed by atoms with Crippen LogP contribution in [0.1, 0.15) is 11.4 Å². The fourth-order valence-electron chi connectivity index (χ4n) is 2.23. The lowest BCUT2D eigenvalue weighted by Gasteiger charge is -2.06. The quantitative estimate of drug-likeness (QED) is 0.716. The maximum atomic E-state index is 12.3. The van der Waals surface area contributed by atoms with E-state index >= 15 is 0 Å². The molecular formula is C15H15N3O. The van der Waals surface area contributed by atoms with Crippen LogP contribution in [0.15, 0.2) is 53.7 Å². The second kappa shape index (κ2) is 4.72. The topological polar surface area (TPSA) is 39.3 Å². The zero-order valence-corrected chi connectivity index (χ0v) is 10.8. The molecule has 0 aliphatic rings. The molecule has 0 N–H and O–H groups in total. The van der Waals surface area contributed by atoms with E-state index in [1.165, 1.54) is 5.56 Å². The van der Waals surface area contributed by atoms with E-state index in [0.717, 1.165) is 12.2 Å². The third-order valence-electron chi connectivity index (χ3n) is 3.34. The van der Waals surface area contributed by atoms with Gasteiger partial charge in [-0.05, 0) is 18.9 Å². The van der Waals surface area contributed by atoms with Gasteiger partial charge in [-0.25, -0.2) is 4.98 Å². The maximum absolute atomic E-state index is 12.3. The molecular weight excluding hydrogens is 238 g/mol. The molecule has 0 aliphatic heterocycles. The van der Waals surface area contributed by atoms with Gasteiger partial charge in [0.15, 0.2) is 0 Å². The smallest absolute Gasteiger partial charge is 0.276 e. The van der Waals surface area contributed by atoms with Gasteiger partial charge in [-0.15, -0.1) is 0 Å². The van der Waals surface area contributed by atoms with Crippen LogP contribution in [-0.2, 0) is 13.0 Å². The summed E-state index contributed by atoms with van der Waals surface area (Å²) in [6.45, 7) is 2.57. The van der Waals surface area contributed by atoms with Crippen molar-refractivity contribution in [2.45, 2.75) is 19.9 Å². The van der Waals surface area contributed by atoms with Gasteiger partial charge in [-0.3, -0.25) is 9.20 Å². The second-order valence-corrected chi connectivity index (χ2v) is 4.59. The van der Waals surface area contributed by atoms with Gasteiger partial charge in [0.2, 0.25) is 0 Å². The van der Waals surface area contributed by atoms with E-state index < -0.39 is 0 Å². The van der Waals surface area contributed by atoms with E-state index in [1.807, 2.05) is 41.9 Å². The van der Waals surface area contributed by atoms with Gasteiger partial charge in [0.1, 0.15) is 11.3 Å². The number of rotatable bonds is 3. The number of aryl methyl sites for hydroxylation is 3. The SMILES string of the molecule is Cc1ncc2c(=O)n(CCc3ccccc3)ccn12. The minimum Gasteiger partial charge on any atom is -0.312 e. The summed E-state index contributed by atoms with van der Waals surface area (Å²) >= 11 is 0.